The minimum Gasteiger partial charge on any atom is -0.465 e. The first-order valence-electron chi connectivity index (χ1n) is 5.90. The molecule has 18 heavy (non-hydrogen) atoms. The largest absolute Gasteiger partial charge is 0.465 e. The Bertz CT molecular complexity index is 256. The van der Waals surface area contributed by atoms with E-state index in [2.05, 4.69) is 0 Å². The van der Waals surface area contributed by atoms with E-state index < -0.39 is 18.0 Å². The molecule has 0 aromatic rings. The van der Waals surface area contributed by atoms with Gasteiger partial charge in [0.1, 0.15) is 6.04 Å². The summed E-state index contributed by atoms with van der Waals surface area (Å²) in [5.41, 5.74) is 5.54. The smallest absolute Gasteiger partial charge is 0.323 e. The summed E-state index contributed by atoms with van der Waals surface area (Å²) < 4.78 is 9.84. The second kappa shape index (κ2) is 10.1. The third-order valence-corrected chi connectivity index (χ3v) is 1.83. The SMILES string of the molecule is CC(C)COC(=O)CC(N)C(=O)OCC(C)C.Cl. The van der Waals surface area contributed by atoms with Gasteiger partial charge in [-0.1, -0.05) is 27.7 Å². The molecular formula is C12H24ClNO4. The van der Waals surface area contributed by atoms with E-state index in [9.17, 15) is 9.59 Å². The van der Waals surface area contributed by atoms with Gasteiger partial charge in [-0.25, -0.2) is 0 Å². The van der Waals surface area contributed by atoms with Gasteiger partial charge in [0.05, 0.1) is 19.6 Å². The topological polar surface area (TPSA) is 78.6 Å². The van der Waals surface area contributed by atoms with Gasteiger partial charge >= 0.3 is 11.9 Å². The maximum atomic E-state index is 11.4. The first-order chi connectivity index (χ1) is 7.82. The molecule has 0 heterocycles. The molecule has 1 atom stereocenters. The van der Waals surface area contributed by atoms with Crippen LogP contribution in [0.2, 0.25) is 0 Å². The lowest BCUT2D eigenvalue weighted by Gasteiger charge is -2.13. The predicted molar refractivity (Wildman–Crippen MR) is 71.4 cm³/mol. The third-order valence-electron chi connectivity index (χ3n) is 1.83. The van der Waals surface area contributed by atoms with E-state index in [4.69, 9.17) is 15.2 Å². The Morgan fingerprint density at radius 2 is 1.44 bits per heavy atom. The lowest BCUT2D eigenvalue weighted by molar-refractivity contribution is -0.152. The van der Waals surface area contributed by atoms with Crippen molar-refractivity contribution in [3.8, 4) is 0 Å². The van der Waals surface area contributed by atoms with E-state index >= 15 is 0 Å². The van der Waals surface area contributed by atoms with Crippen molar-refractivity contribution < 1.29 is 19.1 Å². The maximum Gasteiger partial charge on any atom is 0.323 e. The zero-order valence-corrected chi connectivity index (χ0v) is 12.3. The molecule has 0 saturated heterocycles. The van der Waals surface area contributed by atoms with Crippen LogP contribution in [0.5, 0.6) is 0 Å². The first-order valence-corrected chi connectivity index (χ1v) is 5.90. The normalized spacial score (nSPS) is 11.9. The molecule has 0 aromatic carbocycles. The molecule has 0 spiro atoms. The lowest BCUT2D eigenvalue weighted by Crippen LogP contribution is -2.35. The van der Waals surface area contributed by atoms with Crippen molar-refractivity contribution in [1.82, 2.24) is 0 Å². The Balaban J connectivity index is 0. The van der Waals surface area contributed by atoms with Crippen LogP contribution in [0.4, 0.5) is 0 Å². The molecule has 0 bridgehead atoms. The predicted octanol–water partition coefficient (Wildman–Crippen LogP) is 1.52. The number of ether oxygens (including phenoxy) is 2. The number of halogens is 1. The Morgan fingerprint density at radius 1 is 1.00 bits per heavy atom. The number of hydrogen-bond donors (Lipinski definition) is 1. The minimum absolute atomic E-state index is 0. The lowest BCUT2D eigenvalue weighted by atomic mass is 10.2. The highest BCUT2D eigenvalue weighted by molar-refractivity contribution is 5.85. The number of nitrogens with two attached hydrogens (primary N) is 1. The van der Waals surface area contributed by atoms with E-state index in [-0.39, 0.29) is 30.7 Å². The molecule has 108 valence electrons. The first kappa shape index (κ1) is 19.5. The second-order valence-electron chi connectivity index (χ2n) is 4.91. The maximum absolute atomic E-state index is 11.4. The van der Waals surface area contributed by atoms with Crippen molar-refractivity contribution >= 4 is 24.3 Å². The minimum atomic E-state index is -0.937. The second-order valence-corrected chi connectivity index (χ2v) is 4.91. The van der Waals surface area contributed by atoms with Crippen LogP contribution in [0.25, 0.3) is 0 Å². The Kier molecular flexibility index (Phi) is 11.0. The molecule has 0 saturated carbocycles. The number of carbonyl (C=O) groups is 2. The standard InChI is InChI=1S/C12H23NO4.ClH/c1-8(2)6-16-11(14)5-10(13)12(15)17-7-9(3)4;/h8-10H,5-7,13H2,1-4H3;1H. The van der Waals surface area contributed by atoms with Crippen LogP contribution >= 0.6 is 12.4 Å². The van der Waals surface area contributed by atoms with Crippen molar-refractivity contribution in [3.63, 3.8) is 0 Å². The molecule has 0 aliphatic rings. The van der Waals surface area contributed by atoms with Crippen molar-refractivity contribution in [2.24, 2.45) is 17.6 Å². The van der Waals surface area contributed by atoms with Crippen molar-refractivity contribution in [2.75, 3.05) is 13.2 Å². The van der Waals surface area contributed by atoms with E-state index in [1.807, 2.05) is 27.7 Å². The fraction of sp³-hybridized carbons (Fsp3) is 0.833. The zero-order chi connectivity index (χ0) is 13.4. The van der Waals surface area contributed by atoms with Gasteiger partial charge < -0.3 is 15.2 Å². The van der Waals surface area contributed by atoms with Gasteiger partial charge in [-0.3, -0.25) is 9.59 Å². The van der Waals surface area contributed by atoms with Gasteiger partial charge in [0.15, 0.2) is 0 Å². The monoisotopic (exact) mass is 281 g/mol. The third kappa shape index (κ3) is 10.4. The summed E-state index contributed by atoms with van der Waals surface area (Å²) in [6.07, 6.45) is -0.135. The van der Waals surface area contributed by atoms with Crippen LogP contribution in [-0.4, -0.2) is 31.2 Å². The van der Waals surface area contributed by atoms with Crippen LogP contribution in [0, 0.1) is 11.8 Å². The molecule has 0 aliphatic heterocycles. The fourth-order valence-corrected chi connectivity index (χ4v) is 0.937. The molecular weight excluding hydrogens is 258 g/mol. The number of esters is 2. The van der Waals surface area contributed by atoms with Crippen LogP contribution < -0.4 is 5.73 Å². The van der Waals surface area contributed by atoms with Gasteiger partial charge in [0.2, 0.25) is 0 Å². The summed E-state index contributed by atoms with van der Waals surface area (Å²) in [4.78, 5) is 22.7. The molecule has 2 N–H and O–H groups in total. The fourth-order valence-electron chi connectivity index (χ4n) is 0.937. The van der Waals surface area contributed by atoms with Crippen LogP contribution in [0.1, 0.15) is 34.1 Å². The quantitative estimate of drug-likeness (QED) is 0.716. The van der Waals surface area contributed by atoms with E-state index in [1.54, 1.807) is 0 Å². The molecule has 1 unspecified atom stereocenters. The molecule has 0 aliphatic carbocycles. The van der Waals surface area contributed by atoms with Crippen molar-refractivity contribution in [1.29, 1.82) is 0 Å². The summed E-state index contributed by atoms with van der Waals surface area (Å²) in [7, 11) is 0. The number of carbonyl (C=O) groups excluding carboxylic acids is 2. The van der Waals surface area contributed by atoms with Crippen molar-refractivity contribution in [3.05, 3.63) is 0 Å². The number of hydrogen-bond acceptors (Lipinski definition) is 5. The average molecular weight is 282 g/mol. The van der Waals surface area contributed by atoms with E-state index in [0.29, 0.717) is 13.2 Å². The summed E-state index contributed by atoms with van der Waals surface area (Å²) in [5.74, 6) is -0.505. The molecule has 6 heteroatoms. The highest BCUT2D eigenvalue weighted by Gasteiger charge is 2.20. The van der Waals surface area contributed by atoms with Crippen LogP contribution in [0.15, 0.2) is 0 Å². The summed E-state index contributed by atoms with van der Waals surface area (Å²) in [5, 5.41) is 0. The van der Waals surface area contributed by atoms with Gasteiger partial charge in [-0.2, -0.15) is 0 Å². The Hall–Kier alpha value is -0.810. The van der Waals surface area contributed by atoms with Gasteiger partial charge in [-0.05, 0) is 11.8 Å². The van der Waals surface area contributed by atoms with Gasteiger partial charge in [-0.15, -0.1) is 12.4 Å². The van der Waals surface area contributed by atoms with Gasteiger partial charge in [0.25, 0.3) is 0 Å². The van der Waals surface area contributed by atoms with Crippen LogP contribution in [-0.2, 0) is 19.1 Å². The highest BCUT2D eigenvalue weighted by Crippen LogP contribution is 2.00. The van der Waals surface area contributed by atoms with Crippen LogP contribution in [0.3, 0.4) is 0 Å². The molecule has 0 rings (SSSR count). The molecule has 0 aromatic heterocycles. The summed E-state index contributed by atoms with van der Waals surface area (Å²) in [6, 6.07) is -0.937. The van der Waals surface area contributed by atoms with Crippen molar-refractivity contribution in [2.45, 2.75) is 40.2 Å². The number of rotatable bonds is 7. The van der Waals surface area contributed by atoms with E-state index in [1.165, 1.54) is 0 Å². The van der Waals surface area contributed by atoms with E-state index in [0.717, 1.165) is 0 Å². The summed E-state index contributed by atoms with van der Waals surface area (Å²) in [6.45, 7) is 8.37. The Morgan fingerprint density at radius 3 is 1.89 bits per heavy atom. The average Bonchev–Trinajstić information content (AvgIpc) is 2.22. The molecule has 0 fully saturated rings. The highest BCUT2D eigenvalue weighted by atomic mass is 35.5. The summed E-state index contributed by atoms with van der Waals surface area (Å²) >= 11 is 0. The molecule has 5 nitrogen and oxygen atoms in total. The zero-order valence-electron chi connectivity index (χ0n) is 11.5. The Labute approximate surface area is 115 Å². The molecule has 0 amide bonds. The molecule has 0 radical (unpaired) electrons. The van der Waals surface area contributed by atoms with Gasteiger partial charge in [0, 0.05) is 0 Å².